The van der Waals surface area contributed by atoms with Crippen molar-refractivity contribution in [1.82, 2.24) is 0 Å². The first-order chi connectivity index (χ1) is 11.9. The Balaban J connectivity index is 2.02. The number of carbonyl (C=O) groups excluding carboxylic acids is 2. The van der Waals surface area contributed by atoms with Crippen molar-refractivity contribution in [3.63, 3.8) is 0 Å². The van der Waals surface area contributed by atoms with Crippen molar-refractivity contribution in [2.45, 2.75) is 26.6 Å². The molecule has 0 radical (unpaired) electrons. The molecule has 6 heteroatoms. The van der Waals surface area contributed by atoms with Crippen LogP contribution in [0.25, 0.3) is 0 Å². The van der Waals surface area contributed by atoms with Gasteiger partial charge in [0.1, 0.15) is 5.75 Å². The maximum Gasteiger partial charge on any atom is 0.338 e. The SMILES string of the molecule is COc1ccc(C)cc1NC(=O)[C@H](C)OC(=O)c1ccc(CO)cc1. The fourth-order valence-corrected chi connectivity index (χ4v) is 2.18. The van der Waals surface area contributed by atoms with Gasteiger partial charge in [-0.2, -0.15) is 0 Å². The third-order valence-electron chi connectivity index (χ3n) is 3.64. The summed E-state index contributed by atoms with van der Waals surface area (Å²) in [7, 11) is 1.51. The summed E-state index contributed by atoms with van der Waals surface area (Å²) in [5.74, 6) is -0.537. The van der Waals surface area contributed by atoms with Crippen LogP contribution in [0.15, 0.2) is 42.5 Å². The minimum absolute atomic E-state index is 0.105. The van der Waals surface area contributed by atoms with Crippen LogP contribution in [0, 0.1) is 6.92 Å². The highest BCUT2D eigenvalue weighted by atomic mass is 16.5. The van der Waals surface area contributed by atoms with E-state index in [1.54, 1.807) is 36.4 Å². The lowest BCUT2D eigenvalue weighted by Crippen LogP contribution is -2.30. The number of benzene rings is 2. The van der Waals surface area contributed by atoms with E-state index in [-0.39, 0.29) is 6.61 Å². The predicted octanol–water partition coefficient (Wildman–Crippen LogP) is 2.68. The van der Waals surface area contributed by atoms with Gasteiger partial charge >= 0.3 is 5.97 Å². The van der Waals surface area contributed by atoms with Crippen LogP contribution in [0.4, 0.5) is 5.69 Å². The molecule has 6 nitrogen and oxygen atoms in total. The van der Waals surface area contributed by atoms with Crippen LogP contribution in [-0.2, 0) is 16.1 Å². The van der Waals surface area contributed by atoms with Crippen molar-refractivity contribution in [3.8, 4) is 5.75 Å². The van der Waals surface area contributed by atoms with Crippen LogP contribution in [0.5, 0.6) is 5.75 Å². The standard InChI is InChI=1S/C19H21NO5/c1-12-4-9-17(24-3)16(10-12)20-18(22)13(2)25-19(23)15-7-5-14(11-21)6-8-15/h4-10,13,21H,11H2,1-3H3,(H,20,22)/t13-/m0/s1. The predicted molar refractivity (Wildman–Crippen MR) is 93.6 cm³/mol. The summed E-state index contributed by atoms with van der Waals surface area (Å²) < 4.78 is 10.4. The Labute approximate surface area is 146 Å². The minimum atomic E-state index is -0.977. The summed E-state index contributed by atoms with van der Waals surface area (Å²) in [6, 6.07) is 11.7. The molecule has 0 saturated heterocycles. The van der Waals surface area contributed by atoms with E-state index in [0.29, 0.717) is 22.6 Å². The molecule has 2 rings (SSSR count). The summed E-state index contributed by atoms with van der Waals surface area (Å²) in [6.07, 6.45) is -0.977. The number of carbonyl (C=O) groups is 2. The molecule has 0 aromatic heterocycles. The van der Waals surface area contributed by atoms with E-state index in [9.17, 15) is 9.59 Å². The van der Waals surface area contributed by atoms with Gasteiger partial charge in [-0.25, -0.2) is 4.79 Å². The summed E-state index contributed by atoms with van der Waals surface area (Å²) in [6.45, 7) is 3.29. The molecule has 0 aliphatic carbocycles. The molecule has 0 saturated carbocycles. The van der Waals surface area contributed by atoms with Crippen LogP contribution in [0.1, 0.15) is 28.4 Å². The van der Waals surface area contributed by atoms with E-state index in [1.165, 1.54) is 14.0 Å². The minimum Gasteiger partial charge on any atom is -0.495 e. The highest BCUT2D eigenvalue weighted by Gasteiger charge is 2.20. The van der Waals surface area contributed by atoms with Crippen LogP contribution in [-0.4, -0.2) is 30.2 Å². The number of aliphatic hydroxyl groups excluding tert-OH is 1. The Morgan fingerprint density at radius 1 is 1.16 bits per heavy atom. The second kappa shape index (κ2) is 8.30. The van der Waals surface area contributed by atoms with E-state index < -0.39 is 18.0 Å². The fourth-order valence-electron chi connectivity index (χ4n) is 2.18. The Morgan fingerprint density at radius 3 is 2.44 bits per heavy atom. The molecule has 132 valence electrons. The number of hydrogen-bond donors (Lipinski definition) is 2. The largest absolute Gasteiger partial charge is 0.495 e. The molecule has 1 amide bonds. The van der Waals surface area contributed by atoms with E-state index in [1.807, 2.05) is 13.0 Å². The van der Waals surface area contributed by atoms with Crippen LogP contribution >= 0.6 is 0 Å². The summed E-state index contributed by atoms with van der Waals surface area (Å²) >= 11 is 0. The molecule has 0 heterocycles. The third-order valence-corrected chi connectivity index (χ3v) is 3.64. The molecule has 0 spiro atoms. The fraction of sp³-hybridized carbons (Fsp3) is 0.263. The average molecular weight is 343 g/mol. The number of amides is 1. The van der Waals surface area contributed by atoms with Gasteiger partial charge in [-0.1, -0.05) is 18.2 Å². The third kappa shape index (κ3) is 4.81. The molecule has 25 heavy (non-hydrogen) atoms. The van der Waals surface area contributed by atoms with Gasteiger partial charge < -0.3 is 19.9 Å². The second-order valence-corrected chi connectivity index (χ2v) is 5.60. The lowest BCUT2D eigenvalue weighted by molar-refractivity contribution is -0.123. The summed E-state index contributed by atoms with van der Waals surface area (Å²) in [5.41, 5.74) is 2.48. The van der Waals surface area contributed by atoms with Gasteiger partial charge in [0, 0.05) is 0 Å². The number of rotatable bonds is 6. The number of esters is 1. The highest BCUT2D eigenvalue weighted by Crippen LogP contribution is 2.25. The lowest BCUT2D eigenvalue weighted by Gasteiger charge is -2.15. The quantitative estimate of drug-likeness (QED) is 0.788. The summed E-state index contributed by atoms with van der Waals surface area (Å²) in [5, 5.41) is 11.7. The average Bonchev–Trinajstić information content (AvgIpc) is 2.61. The number of nitrogens with one attached hydrogen (secondary N) is 1. The zero-order chi connectivity index (χ0) is 18.4. The van der Waals surface area contributed by atoms with Gasteiger partial charge in [0.15, 0.2) is 6.10 Å². The molecule has 0 unspecified atom stereocenters. The van der Waals surface area contributed by atoms with Crippen LogP contribution in [0.3, 0.4) is 0 Å². The first kappa shape index (κ1) is 18.5. The van der Waals surface area contributed by atoms with Crippen LogP contribution in [0.2, 0.25) is 0 Å². The number of aliphatic hydroxyl groups is 1. The number of anilines is 1. The molecule has 2 aromatic carbocycles. The molecule has 0 fully saturated rings. The smallest absolute Gasteiger partial charge is 0.338 e. The van der Waals surface area contributed by atoms with Crippen molar-refractivity contribution < 1.29 is 24.2 Å². The molecule has 2 N–H and O–H groups in total. The monoisotopic (exact) mass is 343 g/mol. The van der Waals surface area contributed by atoms with Crippen molar-refractivity contribution in [1.29, 1.82) is 0 Å². The van der Waals surface area contributed by atoms with Gasteiger partial charge in [0.05, 0.1) is 25.0 Å². The van der Waals surface area contributed by atoms with Crippen molar-refractivity contribution >= 4 is 17.6 Å². The van der Waals surface area contributed by atoms with Crippen molar-refractivity contribution in [2.24, 2.45) is 0 Å². The number of ether oxygens (including phenoxy) is 2. The Morgan fingerprint density at radius 2 is 1.84 bits per heavy atom. The molecule has 0 aliphatic rings. The number of hydrogen-bond acceptors (Lipinski definition) is 5. The molecule has 1 atom stereocenters. The number of methoxy groups -OCH3 is 1. The highest BCUT2D eigenvalue weighted by molar-refractivity contribution is 5.98. The van der Waals surface area contributed by atoms with Gasteiger partial charge in [0.2, 0.25) is 0 Å². The first-order valence-corrected chi connectivity index (χ1v) is 7.81. The second-order valence-electron chi connectivity index (χ2n) is 5.60. The topological polar surface area (TPSA) is 84.9 Å². The lowest BCUT2D eigenvalue weighted by atomic mass is 10.1. The van der Waals surface area contributed by atoms with E-state index >= 15 is 0 Å². The normalized spacial score (nSPS) is 11.5. The Kier molecular flexibility index (Phi) is 6.14. The van der Waals surface area contributed by atoms with E-state index in [2.05, 4.69) is 5.32 Å². The molecule has 0 bridgehead atoms. The zero-order valence-electron chi connectivity index (χ0n) is 14.4. The van der Waals surface area contributed by atoms with Gasteiger partial charge in [-0.05, 0) is 49.2 Å². The maximum atomic E-state index is 12.3. The zero-order valence-corrected chi connectivity index (χ0v) is 14.4. The van der Waals surface area contributed by atoms with Gasteiger partial charge in [-0.3, -0.25) is 4.79 Å². The van der Waals surface area contributed by atoms with E-state index in [4.69, 9.17) is 14.6 Å². The number of aryl methyl sites for hydroxylation is 1. The Bertz CT molecular complexity index is 755. The summed E-state index contributed by atoms with van der Waals surface area (Å²) in [4.78, 5) is 24.4. The molecular formula is C19H21NO5. The Hall–Kier alpha value is -2.86. The first-order valence-electron chi connectivity index (χ1n) is 7.81. The maximum absolute atomic E-state index is 12.3. The molecule has 2 aromatic rings. The van der Waals surface area contributed by atoms with Gasteiger partial charge in [0.25, 0.3) is 5.91 Å². The molecular weight excluding hydrogens is 322 g/mol. The van der Waals surface area contributed by atoms with Crippen LogP contribution < -0.4 is 10.1 Å². The van der Waals surface area contributed by atoms with Crippen molar-refractivity contribution in [2.75, 3.05) is 12.4 Å². The molecule has 0 aliphatic heterocycles. The van der Waals surface area contributed by atoms with Gasteiger partial charge in [-0.15, -0.1) is 0 Å². The van der Waals surface area contributed by atoms with Crippen molar-refractivity contribution in [3.05, 3.63) is 59.2 Å². The van der Waals surface area contributed by atoms with E-state index in [0.717, 1.165) is 5.56 Å².